The van der Waals surface area contributed by atoms with Gasteiger partial charge in [-0.15, -0.1) is 0 Å². The smallest absolute Gasteiger partial charge is 0.255 e. The molecule has 1 aliphatic heterocycles. The zero-order chi connectivity index (χ0) is 15.5. The molecule has 0 atom stereocenters. The van der Waals surface area contributed by atoms with E-state index in [1.54, 1.807) is 24.5 Å². The van der Waals surface area contributed by atoms with Crippen LogP contribution in [0.4, 0.5) is 4.39 Å². The Morgan fingerprint density at radius 2 is 1.86 bits per heavy atom. The second-order valence-corrected chi connectivity index (χ2v) is 5.57. The number of halogens is 1. The van der Waals surface area contributed by atoms with Gasteiger partial charge in [-0.1, -0.05) is 12.1 Å². The topological polar surface area (TPSA) is 36.4 Å². The van der Waals surface area contributed by atoms with E-state index in [4.69, 9.17) is 0 Å². The van der Waals surface area contributed by atoms with Crippen LogP contribution in [0, 0.1) is 5.82 Å². The molecular weight excluding hydrogens is 281 g/mol. The van der Waals surface area contributed by atoms with E-state index in [2.05, 4.69) is 9.88 Å². The molecule has 0 spiro atoms. The quantitative estimate of drug-likeness (QED) is 0.853. The summed E-state index contributed by atoms with van der Waals surface area (Å²) in [5.74, 6) is -0.313. The molecule has 2 heterocycles. The van der Waals surface area contributed by atoms with Gasteiger partial charge in [0.1, 0.15) is 5.82 Å². The van der Waals surface area contributed by atoms with Gasteiger partial charge < -0.3 is 9.80 Å². The maximum atomic E-state index is 13.3. The molecule has 3 rings (SSSR count). The second kappa shape index (κ2) is 6.23. The first-order chi connectivity index (χ1) is 10.6. The summed E-state index contributed by atoms with van der Waals surface area (Å²) in [5.41, 5.74) is 2.02. The molecule has 0 saturated carbocycles. The van der Waals surface area contributed by atoms with Gasteiger partial charge in [-0.2, -0.15) is 0 Å². The summed E-state index contributed by atoms with van der Waals surface area (Å²) in [5, 5.41) is 0. The maximum Gasteiger partial charge on any atom is 0.255 e. The summed E-state index contributed by atoms with van der Waals surface area (Å²) in [6, 6.07) is 8.09. The number of pyridine rings is 1. The lowest BCUT2D eigenvalue weighted by atomic mass is 10.1. The lowest BCUT2D eigenvalue weighted by Crippen LogP contribution is -2.47. The molecule has 4 nitrogen and oxygen atoms in total. The van der Waals surface area contributed by atoms with Gasteiger partial charge in [0, 0.05) is 44.1 Å². The number of likely N-dealkylation sites (N-methyl/N-ethyl adjacent to an activating group) is 1. The molecule has 0 unspecified atom stereocenters. The van der Waals surface area contributed by atoms with Crippen molar-refractivity contribution < 1.29 is 9.18 Å². The van der Waals surface area contributed by atoms with Crippen LogP contribution in [-0.4, -0.2) is 53.9 Å². The minimum absolute atomic E-state index is 0.0150. The number of hydrogen-bond donors (Lipinski definition) is 0. The Labute approximate surface area is 129 Å². The van der Waals surface area contributed by atoms with E-state index in [0.717, 1.165) is 37.3 Å². The normalized spacial score (nSPS) is 15.8. The van der Waals surface area contributed by atoms with Crippen molar-refractivity contribution in [3.8, 4) is 11.1 Å². The largest absolute Gasteiger partial charge is 0.336 e. The van der Waals surface area contributed by atoms with Crippen molar-refractivity contribution in [2.24, 2.45) is 0 Å². The minimum atomic E-state index is -0.298. The summed E-state index contributed by atoms with van der Waals surface area (Å²) in [7, 11) is 2.05. The third-order valence-electron chi connectivity index (χ3n) is 3.93. The number of piperazine rings is 1. The number of carbonyl (C=O) groups excluding carboxylic acids is 1. The van der Waals surface area contributed by atoms with Gasteiger partial charge in [0.05, 0.1) is 5.56 Å². The van der Waals surface area contributed by atoms with E-state index in [1.165, 1.54) is 12.1 Å². The Kier molecular flexibility index (Phi) is 4.15. The molecule has 0 aliphatic carbocycles. The maximum absolute atomic E-state index is 13.3. The number of amides is 1. The van der Waals surface area contributed by atoms with Crippen LogP contribution in [0.25, 0.3) is 11.1 Å². The molecule has 5 heteroatoms. The fourth-order valence-electron chi connectivity index (χ4n) is 2.57. The molecule has 22 heavy (non-hydrogen) atoms. The van der Waals surface area contributed by atoms with Crippen molar-refractivity contribution >= 4 is 5.91 Å². The highest BCUT2D eigenvalue weighted by Gasteiger charge is 2.20. The molecule has 0 radical (unpaired) electrons. The number of benzene rings is 1. The van der Waals surface area contributed by atoms with Crippen molar-refractivity contribution in [3.05, 3.63) is 54.1 Å². The average molecular weight is 299 g/mol. The average Bonchev–Trinajstić information content (AvgIpc) is 2.55. The Morgan fingerprint density at radius 1 is 1.09 bits per heavy atom. The van der Waals surface area contributed by atoms with Crippen LogP contribution in [0.2, 0.25) is 0 Å². The highest BCUT2D eigenvalue weighted by Crippen LogP contribution is 2.21. The number of nitrogens with zero attached hydrogens (tertiary/aromatic N) is 3. The SMILES string of the molecule is CN1CCN(C(=O)c2cncc(-c3cccc(F)c3)c2)CC1. The van der Waals surface area contributed by atoms with E-state index in [0.29, 0.717) is 5.56 Å². The monoisotopic (exact) mass is 299 g/mol. The number of carbonyl (C=O) groups is 1. The molecular formula is C17H18FN3O. The van der Waals surface area contributed by atoms with Crippen molar-refractivity contribution in [1.82, 2.24) is 14.8 Å². The molecule has 0 bridgehead atoms. The van der Waals surface area contributed by atoms with Crippen LogP contribution in [0.5, 0.6) is 0 Å². The molecule has 0 N–H and O–H groups in total. The number of hydrogen-bond acceptors (Lipinski definition) is 3. The van der Waals surface area contributed by atoms with Gasteiger partial charge in [-0.25, -0.2) is 4.39 Å². The fraction of sp³-hybridized carbons (Fsp3) is 0.294. The Balaban J connectivity index is 1.83. The Morgan fingerprint density at radius 3 is 2.59 bits per heavy atom. The van der Waals surface area contributed by atoms with Gasteiger partial charge in [-0.05, 0) is 30.8 Å². The van der Waals surface area contributed by atoms with Gasteiger partial charge in [0.2, 0.25) is 0 Å². The zero-order valence-corrected chi connectivity index (χ0v) is 12.5. The third-order valence-corrected chi connectivity index (χ3v) is 3.93. The van der Waals surface area contributed by atoms with Gasteiger partial charge in [-0.3, -0.25) is 9.78 Å². The predicted molar refractivity (Wildman–Crippen MR) is 83.0 cm³/mol. The van der Waals surface area contributed by atoms with Crippen molar-refractivity contribution in [3.63, 3.8) is 0 Å². The Bertz CT molecular complexity index is 681. The first-order valence-corrected chi connectivity index (χ1v) is 7.32. The summed E-state index contributed by atoms with van der Waals surface area (Å²) < 4.78 is 13.3. The summed E-state index contributed by atoms with van der Waals surface area (Å²) in [6.07, 6.45) is 3.22. The zero-order valence-electron chi connectivity index (χ0n) is 12.5. The molecule has 2 aromatic rings. The number of rotatable bonds is 2. The summed E-state index contributed by atoms with van der Waals surface area (Å²) in [6.45, 7) is 3.20. The lowest BCUT2D eigenvalue weighted by Gasteiger charge is -2.32. The standard InChI is InChI=1S/C17H18FN3O/c1-20-5-7-21(8-6-20)17(22)15-9-14(11-19-12-15)13-3-2-4-16(18)10-13/h2-4,9-12H,5-8H2,1H3. The van der Waals surface area contributed by atoms with Gasteiger partial charge in [0.25, 0.3) is 5.91 Å². The van der Waals surface area contributed by atoms with E-state index in [-0.39, 0.29) is 11.7 Å². The fourth-order valence-corrected chi connectivity index (χ4v) is 2.57. The van der Waals surface area contributed by atoms with Crippen molar-refractivity contribution in [2.45, 2.75) is 0 Å². The highest BCUT2D eigenvalue weighted by atomic mass is 19.1. The van der Waals surface area contributed by atoms with Gasteiger partial charge >= 0.3 is 0 Å². The number of aromatic nitrogens is 1. The summed E-state index contributed by atoms with van der Waals surface area (Å²) in [4.78, 5) is 20.7. The van der Waals surface area contributed by atoms with Crippen LogP contribution < -0.4 is 0 Å². The predicted octanol–water partition coefficient (Wildman–Crippen LogP) is 2.28. The molecule has 1 amide bonds. The van der Waals surface area contributed by atoms with Crippen LogP contribution in [0.15, 0.2) is 42.7 Å². The van der Waals surface area contributed by atoms with Crippen LogP contribution >= 0.6 is 0 Å². The molecule has 1 aliphatic rings. The van der Waals surface area contributed by atoms with Crippen molar-refractivity contribution in [2.75, 3.05) is 33.2 Å². The molecule has 1 aromatic heterocycles. The molecule has 1 fully saturated rings. The first kappa shape index (κ1) is 14.7. The lowest BCUT2D eigenvalue weighted by molar-refractivity contribution is 0.0663. The minimum Gasteiger partial charge on any atom is -0.336 e. The van der Waals surface area contributed by atoms with Crippen LogP contribution in [-0.2, 0) is 0 Å². The highest BCUT2D eigenvalue weighted by molar-refractivity contribution is 5.95. The van der Waals surface area contributed by atoms with Crippen LogP contribution in [0.1, 0.15) is 10.4 Å². The van der Waals surface area contributed by atoms with E-state index >= 15 is 0 Å². The van der Waals surface area contributed by atoms with E-state index in [1.807, 2.05) is 18.0 Å². The van der Waals surface area contributed by atoms with Crippen molar-refractivity contribution in [1.29, 1.82) is 0 Å². The molecule has 114 valence electrons. The molecule has 1 saturated heterocycles. The Hall–Kier alpha value is -2.27. The third kappa shape index (κ3) is 3.14. The van der Waals surface area contributed by atoms with E-state index in [9.17, 15) is 9.18 Å². The van der Waals surface area contributed by atoms with E-state index < -0.39 is 0 Å². The first-order valence-electron chi connectivity index (χ1n) is 7.32. The second-order valence-electron chi connectivity index (χ2n) is 5.57. The van der Waals surface area contributed by atoms with Gasteiger partial charge in [0.15, 0.2) is 0 Å². The summed E-state index contributed by atoms with van der Waals surface area (Å²) >= 11 is 0. The van der Waals surface area contributed by atoms with Crippen LogP contribution in [0.3, 0.4) is 0 Å². The molecule has 1 aromatic carbocycles.